The summed E-state index contributed by atoms with van der Waals surface area (Å²) in [5, 5.41) is 12.8. The van der Waals surface area contributed by atoms with Gasteiger partial charge in [0, 0.05) is 25.6 Å². The van der Waals surface area contributed by atoms with E-state index in [1.165, 1.54) is 6.33 Å². The Morgan fingerprint density at radius 3 is 2.54 bits per heavy atom. The van der Waals surface area contributed by atoms with E-state index in [1.54, 1.807) is 22.2 Å². The topological polar surface area (TPSA) is 98.8 Å². The van der Waals surface area contributed by atoms with Gasteiger partial charge in [-0.15, -0.1) is 10.2 Å². The van der Waals surface area contributed by atoms with Crippen LogP contribution in [-0.2, 0) is 23.1 Å². The van der Waals surface area contributed by atoms with Crippen molar-refractivity contribution in [1.29, 1.82) is 0 Å². The summed E-state index contributed by atoms with van der Waals surface area (Å²) in [4.78, 5) is 3.94. The first-order chi connectivity index (χ1) is 11.5. The highest BCUT2D eigenvalue weighted by Crippen LogP contribution is 2.28. The fourth-order valence-electron chi connectivity index (χ4n) is 3.15. The standard InChI is InChI=1S/C14H23N7O2S/c1-3-21-13(9-19-11-15-10-16-19)17-18-14(21)12-5-7-20(8-6-12)24(22,23)4-2/h10-12H,3-9H2,1-2H3. The Bertz CT molecular complexity index is 761. The van der Waals surface area contributed by atoms with Gasteiger partial charge in [-0.2, -0.15) is 5.10 Å². The Labute approximate surface area is 141 Å². The van der Waals surface area contributed by atoms with Crippen molar-refractivity contribution in [3.63, 3.8) is 0 Å². The van der Waals surface area contributed by atoms with Gasteiger partial charge < -0.3 is 4.57 Å². The molecule has 1 saturated heterocycles. The summed E-state index contributed by atoms with van der Waals surface area (Å²) >= 11 is 0. The van der Waals surface area contributed by atoms with Gasteiger partial charge in [0.25, 0.3) is 0 Å². The lowest BCUT2D eigenvalue weighted by Crippen LogP contribution is -2.39. The molecular formula is C14H23N7O2S. The average molecular weight is 353 g/mol. The number of aromatic nitrogens is 6. The SMILES string of the molecule is CCn1c(Cn2cncn2)nnc1C1CCN(S(=O)(=O)CC)CC1. The minimum Gasteiger partial charge on any atom is -0.313 e. The van der Waals surface area contributed by atoms with Crippen LogP contribution >= 0.6 is 0 Å². The zero-order chi connectivity index (χ0) is 17.2. The molecule has 2 aromatic heterocycles. The molecule has 0 N–H and O–H groups in total. The van der Waals surface area contributed by atoms with Crippen LogP contribution < -0.4 is 0 Å². The van der Waals surface area contributed by atoms with Gasteiger partial charge in [-0.05, 0) is 26.7 Å². The van der Waals surface area contributed by atoms with E-state index in [-0.39, 0.29) is 11.7 Å². The van der Waals surface area contributed by atoms with E-state index in [0.717, 1.165) is 31.0 Å². The van der Waals surface area contributed by atoms with Gasteiger partial charge >= 0.3 is 0 Å². The van der Waals surface area contributed by atoms with Gasteiger partial charge in [-0.25, -0.2) is 22.4 Å². The quantitative estimate of drug-likeness (QED) is 0.748. The Morgan fingerprint density at radius 1 is 1.21 bits per heavy atom. The summed E-state index contributed by atoms with van der Waals surface area (Å²) in [7, 11) is -3.10. The Kier molecular flexibility index (Phi) is 4.95. The maximum absolute atomic E-state index is 12.0. The number of piperidine rings is 1. The van der Waals surface area contributed by atoms with E-state index < -0.39 is 10.0 Å². The van der Waals surface area contributed by atoms with Gasteiger partial charge in [0.05, 0.1) is 5.75 Å². The molecule has 1 aliphatic heterocycles. The Hall–Kier alpha value is -1.81. The van der Waals surface area contributed by atoms with Crippen LogP contribution in [0.2, 0.25) is 0 Å². The first-order valence-electron chi connectivity index (χ1n) is 8.27. The number of rotatable bonds is 6. The monoisotopic (exact) mass is 353 g/mol. The Morgan fingerprint density at radius 2 is 1.96 bits per heavy atom. The van der Waals surface area contributed by atoms with Crippen LogP contribution in [0.5, 0.6) is 0 Å². The highest BCUT2D eigenvalue weighted by molar-refractivity contribution is 7.89. The third-order valence-electron chi connectivity index (χ3n) is 4.52. The molecule has 0 radical (unpaired) electrons. The van der Waals surface area contributed by atoms with Crippen molar-refractivity contribution in [1.82, 2.24) is 33.8 Å². The highest BCUT2D eigenvalue weighted by atomic mass is 32.2. The highest BCUT2D eigenvalue weighted by Gasteiger charge is 2.30. The van der Waals surface area contributed by atoms with Crippen LogP contribution in [0.1, 0.15) is 44.3 Å². The van der Waals surface area contributed by atoms with E-state index in [0.29, 0.717) is 19.6 Å². The second kappa shape index (κ2) is 6.98. The predicted molar refractivity (Wildman–Crippen MR) is 87.8 cm³/mol. The maximum Gasteiger partial charge on any atom is 0.213 e. The van der Waals surface area contributed by atoms with Crippen molar-refractivity contribution in [2.24, 2.45) is 0 Å². The number of hydrogen-bond donors (Lipinski definition) is 0. The molecule has 9 nitrogen and oxygen atoms in total. The fourth-order valence-corrected chi connectivity index (χ4v) is 4.28. The van der Waals surface area contributed by atoms with E-state index in [9.17, 15) is 8.42 Å². The van der Waals surface area contributed by atoms with Crippen LogP contribution in [0.25, 0.3) is 0 Å². The minimum absolute atomic E-state index is 0.158. The molecule has 1 fully saturated rings. The van der Waals surface area contributed by atoms with Crippen molar-refractivity contribution in [2.45, 2.75) is 45.7 Å². The third kappa shape index (κ3) is 3.34. The molecule has 0 aliphatic carbocycles. The van der Waals surface area contributed by atoms with E-state index in [1.807, 2.05) is 0 Å². The molecule has 0 aromatic carbocycles. The largest absolute Gasteiger partial charge is 0.313 e. The fraction of sp³-hybridized carbons (Fsp3) is 0.714. The van der Waals surface area contributed by atoms with Crippen LogP contribution in [0.15, 0.2) is 12.7 Å². The lowest BCUT2D eigenvalue weighted by molar-refractivity contribution is 0.309. The molecule has 0 atom stereocenters. The molecule has 1 aliphatic rings. The molecule has 10 heteroatoms. The van der Waals surface area contributed by atoms with Crippen molar-refractivity contribution >= 4 is 10.0 Å². The number of sulfonamides is 1. The third-order valence-corrected chi connectivity index (χ3v) is 6.40. The second-order valence-corrected chi connectivity index (χ2v) is 8.14. The summed E-state index contributed by atoms with van der Waals surface area (Å²) in [5.74, 6) is 2.19. The van der Waals surface area contributed by atoms with E-state index in [2.05, 4.69) is 31.8 Å². The van der Waals surface area contributed by atoms with E-state index in [4.69, 9.17) is 0 Å². The molecule has 2 aromatic rings. The normalized spacial score (nSPS) is 17.4. The van der Waals surface area contributed by atoms with E-state index >= 15 is 0 Å². The van der Waals surface area contributed by atoms with Crippen LogP contribution in [0.3, 0.4) is 0 Å². The molecule has 0 saturated carbocycles. The van der Waals surface area contributed by atoms with Gasteiger partial charge in [0.2, 0.25) is 10.0 Å². The molecule has 0 spiro atoms. The maximum atomic E-state index is 12.0. The first-order valence-corrected chi connectivity index (χ1v) is 9.88. The predicted octanol–water partition coefficient (Wildman–Crippen LogP) is 0.467. The molecule has 0 bridgehead atoms. The van der Waals surface area contributed by atoms with Gasteiger partial charge in [0.15, 0.2) is 5.82 Å². The molecule has 132 valence electrons. The summed E-state index contributed by atoms with van der Waals surface area (Å²) in [5.41, 5.74) is 0. The molecule has 0 amide bonds. The molecule has 0 unspecified atom stereocenters. The summed E-state index contributed by atoms with van der Waals surface area (Å²) in [6.07, 6.45) is 4.71. The zero-order valence-electron chi connectivity index (χ0n) is 14.0. The first kappa shape index (κ1) is 17.0. The van der Waals surface area contributed by atoms with Crippen LogP contribution in [0.4, 0.5) is 0 Å². The van der Waals surface area contributed by atoms with Gasteiger partial charge in [-0.3, -0.25) is 0 Å². The van der Waals surface area contributed by atoms with Crippen molar-refractivity contribution in [2.75, 3.05) is 18.8 Å². The van der Waals surface area contributed by atoms with Gasteiger partial charge in [-0.1, -0.05) is 0 Å². The lowest BCUT2D eigenvalue weighted by Gasteiger charge is -2.30. The number of hydrogen-bond acceptors (Lipinski definition) is 6. The summed E-state index contributed by atoms with van der Waals surface area (Å²) < 4.78 is 29.4. The second-order valence-electron chi connectivity index (χ2n) is 5.89. The van der Waals surface area contributed by atoms with Crippen molar-refractivity contribution in [3.8, 4) is 0 Å². The smallest absolute Gasteiger partial charge is 0.213 e. The Balaban J connectivity index is 1.73. The zero-order valence-corrected chi connectivity index (χ0v) is 14.9. The molecule has 3 heterocycles. The lowest BCUT2D eigenvalue weighted by atomic mass is 9.97. The number of nitrogens with zero attached hydrogens (tertiary/aromatic N) is 7. The molecular weight excluding hydrogens is 330 g/mol. The summed E-state index contributed by atoms with van der Waals surface area (Å²) in [6, 6.07) is 0. The molecule has 24 heavy (non-hydrogen) atoms. The average Bonchev–Trinajstić information content (AvgIpc) is 3.25. The van der Waals surface area contributed by atoms with Gasteiger partial charge in [0.1, 0.15) is 25.0 Å². The molecule has 3 rings (SSSR count). The van der Waals surface area contributed by atoms with Crippen LogP contribution in [0, 0.1) is 0 Å². The summed E-state index contributed by atoms with van der Waals surface area (Å²) in [6.45, 7) is 6.16. The van der Waals surface area contributed by atoms with Crippen molar-refractivity contribution in [3.05, 3.63) is 24.3 Å². The van der Waals surface area contributed by atoms with Crippen LogP contribution in [-0.4, -0.2) is 61.1 Å². The minimum atomic E-state index is -3.10. The van der Waals surface area contributed by atoms with Crippen molar-refractivity contribution < 1.29 is 8.42 Å².